The van der Waals surface area contributed by atoms with Crippen LogP contribution in [0.15, 0.2) is 59.6 Å². The molecule has 0 aromatic heterocycles. The fraction of sp³-hybridized carbons (Fsp3) is 0.222. The zero-order valence-corrected chi connectivity index (χ0v) is 16.2. The molecule has 0 radical (unpaired) electrons. The SMILES string of the molecule is CC(C)CN=C(N)Nc1cccc(NC(=O)N(Cl)c2ccccc2)c1.Cl. The Hall–Kier alpha value is -2.44. The third-order valence-electron chi connectivity index (χ3n) is 3.17. The number of halogens is 2. The molecular weight excluding hydrogens is 373 g/mol. The summed E-state index contributed by atoms with van der Waals surface area (Å²) in [6.07, 6.45) is 0. The van der Waals surface area contributed by atoms with Gasteiger partial charge in [-0.25, -0.2) is 9.21 Å². The summed E-state index contributed by atoms with van der Waals surface area (Å²) in [7, 11) is 0. The van der Waals surface area contributed by atoms with Crippen molar-refractivity contribution in [3.05, 3.63) is 54.6 Å². The molecule has 2 rings (SSSR count). The van der Waals surface area contributed by atoms with E-state index in [0.29, 0.717) is 29.8 Å². The van der Waals surface area contributed by atoms with E-state index in [1.54, 1.807) is 30.3 Å². The molecule has 0 unspecified atom stereocenters. The Morgan fingerprint density at radius 1 is 1.12 bits per heavy atom. The van der Waals surface area contributed by atoms with Gasteiger partial charge in [0.25, 0.3) is 0 Å². The average molecular weight is 396 g/mol. The largest absolute Gasteiger partial charge is 0.370 e. The first-order valence-electron chi connectivity index (χ1n) is 7.94. The van der Waals surface area contributed by atoms with Crippen molar-refractivity contribution in [2.75, 3.05) is 21.6 Å². The molecule has 8 heteroatoms. The van der Waals surface area contributed by atoms with Gasteiger partial charge >= 0.3 is 6.03 Å². The smallest absolute Gasteiger partial charge is 0.341 e. The lowest BCUT2D eigenvalue weighted by Gasteiger charge is -2.15. The number of nitrogens with one attached hydrogen (secondary N) is 2. The molecule has 0 aliphatic heterocycles. The number of rotatable bonds is 5. The Labute approximate surface area is 165 Å². The van der Waals surface area contributed by atoms with E-state index in [1.165, 1.54) is 0 Å². The minimum atomic E-state index is -0.452. The molecular formula is C18H23Cl2N5O. The van der Waals surface area contributed by atoms with Crippen LogP contribution in [0.1, 0.15) is 13.8 Å². The molecule has 0 bridgehead atoms. The van der Waals surface area contributed by atoms with Crippen LogP contribution in [0.5, 0.6) is 0 Å². The van der Waals surface area contributed by atoms with Gasteiger partial charge in [0.1, 0.15) is 0 Å². The summed E-state index contributed by atoms with van der Waals surface area (Å²) in [6, 6.07) is 15.7. The molecule has 0 fully saturated rings. The number of nitrogens with two attached hydrogens (primary N) is 1. The molecule has 26 heavy (non-hydrogen) atoms. The second-order valence-electron chi connectivity index (χ2n) is 5.87. The Kier molecular flexibility index (Phi) is 8.75. The van der Waals surface area contributed by atoms with Gasteiger partial charge in [0, 0.05) is 29.7 Å². The first kappa shape index (κ1) is 21.6. The maximum atomic E-state index is 12.2. The van der Waals surface area contributed by atoms with Gasteiger partial charge in [0.05, 0.1) is 5.69 Å². The molecule has 0 heterocycles. The molecule has 0 saturated heterocycles. The van der Waals surface area contributed by atoms with E-state index in [-0.39, 0.29) is 12.4 Å². The number of urea groups is 1. The van der Waals surface area contributed by atoms with Gasteiger partial charge in [-0.3, -0.25) is 4.99 Å². The van der Waals surface area contributed by atoms with Crippen molar-refractivity contribution in [3.8, 4) is 0 Å². The van der Waals surface area contributed by atoms with Gasteiger partial charge in [-0.05, 0) is 36.2 Å². The first-order valence-corrected chi connectivity index (χ1v) is 8.28. The topological polar surface area (TPSA) is 82.7 Å². The van der Waals surface area contributed by atoms with Crippen molar-refractivity contribution >= 4 is 53.2 Å². The fourth-order valence-corrected chi connectivity index (χ4v) is 2.15. The van der Waals surface area contributed by atoms with Gasteiger partial charge in [-0.1, -0.05) is 38.1 Å². The second-order valence-corrected chi connectivity index (χ2v) is 6.21. The average Bonchev–Trinajstić information content (AvgIpc) is 2.60. The van der Waals surface area contributed by atoms with Crippen LogP contribution >= 0.6 is 24.2 Å². The Balaban J connectivity index is 0.00000338. The van der Waals surface area contributed by atoms with Crippen molar-refractivity contribution < 1.29 is 4.79 Å². The summed E-state index contributed by atoms with van der Waals surface area (Å²) < 4.78 is 1.03. The third kappa shape index (κ3) is 6.82. The summed E-state index contributed by atoms with van der Waals surface area (Å²) in [4.78, 5) is 16.5. The highest BCUT2D eigenvalue weighted by Gasteiger charge is 2.13. The van der Waals surface area contributed by atoms with Crippen molar-refractivity contribution in [1.29, 1.82) is 0 Å². The molecule has 0 aliphatic carbocycles. The minimum absolute atomic E-state index is 0. The zero-order chi connectivity index (χ0) is 18.2. The van der Waals surface area contributed by atoms with Gasteiger partial charge in [0.2, 0.25) is 0 Å². The van der Waals surface area contributed by atoms with Crippen LogP contribution < -0.4 is 20.8 Å². The molecule has 140 valence electrons. The number of aliphatic imine (C=N–C) groups is 1. The van der Waals surface area contributed by atoms with Gasteiger partial charge in [-0.15, -0.1) is 12.4 Å². The molecule has 6 nitrogen and oxygen atoms in total. The Morgan fingerprint density at radius 3 is 2.35 bits per heavy atom. The molecule has 4 N–H and O–H groups in total. The molecule has 0 atom stereocenters. The first-order chi connectivity index (χ1) is 12.0. The maximum Gasteiger partial charge on any atom is 0.341 e. The molecule has 2 amide bonds. The normalized spacial score (nSPS) is 10.8. The standard InChI is InChI=1S/C18H22ClN5O.ClH/c1-13(2)12-21-17(20)22-14-7-6-8-15(11-14)23-18(25)24(19)16-9-4-3-5-10-16;/h3-11,13H,12H2,1-2H3,(H,23,25)(H3,20,21,22);1H. The molecule has 2 aromatic carbocycles. The number of amides is 2. The number of nitrogens with zero attached hydrogens (tertiary/aromatic N) is 2. The van der Waals surface area contributed by atoms with Crippen molar-refractivity contribution in [3.63, 3.8) is 0 Å². The fourth-order valence-electron chi connectivity index (χ4n) is 1.99. The summed E-state index contributed by atoms with van der Waals surface area (Å²) in [5.41, 5.74) is 7.75. The van der Waals surface area contributed by atoms with Crippen molar-refractivity contribution in [1.82, 2.24) is 0 Å². The highest BCUT2D eigenvalue weighted by molar-refractivity contribution is 6.38. The maximum absolute atomic E-state index is 12.2. The van der Waals surface area contributed by atoms with E-state index in [2.05, 4.69) is 29.5 Å². The lowest BCUT2D eigenvalue weighted by molar-refractivity contribution is 0.260. The van der Waals surface area contributed by atoms with Crippen LogP contribution in [0.25, 0.3) is 0 Å². The molecule has 0 saturated carbocycles. The predicted molar refractivity (Wildman–Crippen MR) is 112 cm³/mol. The number of carbonyl (C=O) groups excluding carboxylic acids is 1. The van der Waals surface area contributed by atoms with Crippen LogP contribution in [0.3, 0.4) is 0 Å². The van der Waals surface area contributed by atoms with E-state index in [1.807, 2.05) is 24.3 Å². The summed E-state index contributed by atoms with van der Waals surface area (Å²) >= 11 is 6.07. The molecule has 0 aliphatic rings. The van der Waals surface area contributed by atoms with Crippen LogP contribution in [-0.4, -0.2) is 18.5 Å². The van der Waals surface area contributed by atoms with Crippen LogP contribution in [0, 0.1) is 5.92 Å². The van der Waals surface area contributed by atoms with E-state index in [9.17, 15) is 4.79 Å². The van der Waals surface area contributed by atoms with Gasteiger partial charge < -0.3 is 16.4 Å². The summed E-state index contributed by atoms with van der Waals surface area (Å²) in [5.74, 6) is 0.763. The lowest BCUT2D eigenvalue weighted by atomic mass is 10.2. The van der Waals surface area contributed by atoms with E-state index >= 15 is 0 Å². The number of benzene rings is 2. The minimum Gasteiger partial charge on any atom is -0.370 e. The number of hydrogen-bond acceptors (Lipinski definition) is 2. The predicted octanol–water partition coefficient (Wildman–Crippen LogP) is 4.68. The lowest BCUT2D eigenvalue weighted by Crippen LogP contribution is -2.27. The third-order valence-corrected chi connectivity index (χ3v) is 3.52. The van der Waals surface area contributed by atoms with E-state index in [0.717, 1.165) is 10.1 Å². The number of hydrogen-bond donors (Lipinski definition) is 3. The quantitative estimate of drug-likeness (QED) is 0.390. The molecule has 0 spiro atoms. The van der Waals surface area contributed by atoms with Gasteiger partial charge in [-0.2, -0.15) is 0 Å². The highest BCUT2D eigenvalue weighted by Crippen LogP contribution is 2.19. The van der Waals surface area contributed by atoms with Crippen LogP contribution in [0.2, 0.25) is 0 Å². The number of carbonyl (C=O) groups is 1. The number of para-hydroxylation sites is 1. The summed E-state index contributed by atoms with van der Waals surface area (Å²) in [6.45, 7) is 4.78. The Bertz CT molecular complexity index is 737. The monoisotopic (exact) mass is 395 g/mol. The van der Waals surface area contributed by atoms with E-state index in [4.69, 9.17) is 17.5 Å². The van der Waals surface area contributed by atoms with Crippen LogP contribution in [0.4, 0.5) is 21.9 Å². The number of guanidine groups is 1. The molecule has 2 aromatic rings. The zero-order valence-electron chi connectivity index (χ0n) is 14.6. The highest BCUT2D eigenvalue weighted by atomic mass is 35.5. The van der Waals surface area contributed by atoms with Crippen LogP contribution in [-0.2, 0) is 0 Å². The number of anilines is 3. The summed E-state index contributed by atoms with van der Waals surface area (Å²) in [5, 5.41) is 5.74. The van der Waals surface area contributed by atoms with Crippen molar-refractivity contribution in [2.45, 2.75) is 13.8 Å². The Morgan fingerprint density at radius 2 is 1.73 bits per heavy atom. The van der Waals surface area contributed by atoms with Gasteiger partial charge in [0.15, 0.2) is 5.96 Å². The van der Waals surface area contributed by atoms with E-state index < -0.39 is 6.03 Å². The second kappa shape index (κ2) is 10.5. The van der Waals surface area contributed by atoms with Crippen molar-refractivity contribution in [2.24, 2.45) is 16.6 Å².